The molecular formula is C10H13N3O. The van der Waals surface area contributed by atoms with Crippen molar-refractivity contribution in [3.8, 4) is 0 Å². The third-order valence-electron chi connectivity index (χ3n) is 2.50. The number of hydrogen-bond donors (Lipinski definition) is 0. The molecule has 0 aliphatic carbocycles. The molecule has 74 valence electrons. The fourth-order valence-electron chi connectivity index (χ4n) is 1.67. The maximum atomic E-state index is 10.4. The molecule has 4 heteroatoms. The van der Waals surface area contributed by atoms with Crippen LogP contribution < -0.4 is 4.90 Å². The molecule has 14 heavy (non-hydrogen) atoms. The van der Waals surface area contributed by atoms with Crippen molar-refractivity contribution < 1.29 is 4.79 Å². The normalized spacial score (nSPS) is 21.2. The van der Waals surface area contributed by atoms with E-state index in [-0.39, 0.29) is 0 Å². The first kappa shape index (κ1) is 9.12. The molecule has 0 saturated carbocycles. The van der Waals surface area contributed by atoms with E-state index >= 15 is 0 Å². The lowest BCUT2D eigenvalue weighted by molar-refractivity contribution is 0.112. The second-order valence-corrected chi connectivity index (χ2v) is 3.77. The molecule has 1 aromatic rings. The average Bonchev–Trinajstić information content (AvgIpc) is 2.65. The van der Waals surface area contributed by atoms with Gasteiger partial charge < -0.3 is 4.90 Å². The van der Waals surface area contributed by atoms with Crippen LogP contribution in [0.5, 0.6) is 0 Å². The summed E-state index contributed by atoms with van der Waals surface area (Å²) >= 11 is 0. The highest BCUT2D eigenvalue weighted by molar-refractivity contribution is 5.73. The molecular weight excluding hydrogens is 178 g/mol. The van der Waals surface area contributed by atoms with Crippen LogP contribution in [0.3, 0.4) is 0 Å². The summed E-state index contributed by atoms with van der Waals surface area (Å²) in [5.74, 6) is 1.45. The monoisotopic (exact) mass is 191 g/mol. The standard InChI is InChI=1S/C10H13N3O/c1-8-2-3-13(6-8)10-11-4-9(7-14)5-12-10/h4-5,7-8H,2-3,6H2,1H3. The zero-order valence-corrected chi connectivity index (χ0v) is 8.18. The molecule has 0 spiro atoms. The van der Waals surface area contributed by atoms with Gasteiger partial charge in [-0.2, -0.15) is 0 Å². The van der Waals surface area contributed by atoms with Crippen LogP contribution in [0.2, 0.25) is 0 Å². The Bertz CT molecular complexity index is 323. The maximum absolute atomic E-state index is 10.4. The predicted molar refractivity (Wildman–Crippen MR) is 53.4 cm³/mol. The van der Waals surface area contributed by atoms with Crippen LogP contribution in [0.25, 0.3) is 0 Å². The molecule has 1 aromatic heterocycles. The number of anilines is 1. The molecule has 0 aromatic carbocycles. The largest absolute Gasteiger partial charge is 0.341 e. The smallest absolute Gasteiger partial charge is 0.225 e. The van der Waals surface area contributed by atoms with Crippen molar-refractivity contribution >= 4 is 12.2 Å². The fourth-order valence-corrected chi connectivity index (χ4v) is 1.67. The lowest BCUT2D eigenvalue weighted by Crippen LogP contribution is -2.21. The first-order valence-electron chi connectivity index (χ1n) is 4.82. The molecule has 0 radical (unpaired) electrons. The Morgan fingerprint density at radius 2 is 2.21 bits per heavy atom. The molecule has 1 unspecified atom stereocenters. The molecule has 1 saturated heterocycles. The summed E-state index contributed by atoms with van der Waals surface area (Å²) in [5.41, 5.74) is 0.529. The Balaban J connectivity index is 2.13. The number of hydrogen-bond acceptors (Lipinski definition) is 4. The summed E-state index contributed by atoms with van der Waals surface area (Å²) in [5, 5.41) is 0. The van der Waals surface area contributed by atoms with Crippen LogP contribution in [0, 0.1) is 5.92 Å². The van der Waals surface area contributed by atoms with Gasteiger partial charge in [0.15, 0.2) is 6.29 Å². The van der Waals surface area contributed by atoms with Gasteiger partial charge in [0.1, 0.15) is 0 Å². The van der Waals surface area contributed by atoms with Gasteiger partial charge in [-0.3, -0.25) is 4.79 Å². The van der Waals surface area contributed by atoms with E-state index in [0.29, 0.717) is 11.5 Å². The number of nitrogens with zero attached hydrogens (tertiary/aromatic N) is 3. The highest BCUT2D eigenvalue weighted by Crippen LogP contribution is 2.19. The SMILES string of the molecule is CC1CCN(c2ncc(C=O)cn2)C1. The van der Waals surface area contributed by atoms with E-state index < -0.39 is 0 Å². The minimum atomic E-state index is 0.529. The number of carbonyl (C=O) groups is 1. The fraction of sp³-hybridized carbons (Fsp3) is 0.500. The van der Waals surface area contributed by atoms with E-state index in [2.05, 4.69) is 21.8 Å². The third kappa shape index (κ3) is 1.73. The van der Waals surface area contributed by atoms with E-state index in [1.807, 2.05) is 0 Å². The van der Waals surface area contributed by atoms with Gasteiger partial charge in [-0.1, -0.05) is 6.92 Å². The second-order valence-electron chi connectivity index (χ2n) is 3.77. The van der Waals surface area contributed by atoms with E-state index in [1.54, 1.807) is 12.4 Å². The number of carbonyl (C=O) groups excluding carboxylic acids is 1. The van der Waals surface area contributed by atoms with E-state index in [0.717, 1.165) is 25.3 Å². The molecule has 0 amide bonds. The molecule has 1 aliphatic heterocycles. The zero-order chi connectivity index (χ0) is 9.97. The van der Waals surface area contributed by atoms with Gasteiger partial charge in [0.05, 0.1) is 5.56 Å². The summed E-state index contributed by atoms with van der Waals surface area (Å²) in [6, 6.07) is 0. The maximum Gasteiger partial charge on any atom is 0.225 e. The first-order valence-corrected chi connectivity index (χ1v) is 4.82. The van der Waals surface area contributed by atoms with E-state index in [4.69, 9.17) is 0 Å². The van der Waals surface area contributed by atoms with Crippen molar-refractivity contribution in [3.05, 3.63) is 18.0 Å². The Morgan fingerprint density at radius 1 is 1.50 bits per heavy atom. The first-order chi connectivity index (χ1) is 6.79. The van der Waals surface area contributed by atoms with Crippen LogP contribution in [-0.4, -0.2) is 29.3 Å². The van der Waals surface area contributed by atoms with Crippen molar-refractivity contribution in [2.45, 2.75) is 13.3 Å². The zero-order valence-electron chi connectivity index (χ0n) is 8.18. The van der Waals surface area contributed by atoms with E-state index in [9.17, 15) is 4.79 Å². The number of aromatic nitrogens is 2. The molecule has 0 N–H and O–H groups in total. The summed E-state index contributed by atoms with van der Waals surface area (Å²) in [6.07, 6.45) is 5.09. The summed E-state index contributed by atoms with van der Waals surface area (Å²) in [6.45, 7) is 4.25. The molecule has 1 fully saturated rings. The topological polar surface area (TPSA) is 46.1 Å². The minimum Gasteiger partial charge on any atom is -0.341 e. The van der Waals surface area contributed by atoms with Gasteiger partial charge in [0.25, 0.3) is 0 Å². The van der Waals surface area contributed by atoms with Crippen molar-refractivity contribution in [3.63, 3.8) is 0 Å². The number of rotatable bonds is 2. The third-order valence-corrected chi connectivity index (χ3v) is 2.50. The molecule has 2 heterocycles. The molecule has 0 bridgehead atoms. The number of aldehydes is 1. The summed E-state index contributed by atoms with van der Waals surface area (Å²) < 4.78 is 0. The predicted octanol–water partition coefficient (Wildman–Crippen LogP) is 1.14. The van der Waals surface area contributed by atoms with Crippen LogP contribution in [0.4, 0.5) is 5.95 Å². The molecule has 4 nitrogen and oxygen atoms in total. The van der Waals surface area contributed by atoms with Crippen LogP contribution in [-0.2, 0) is 0 Å². The second kappa shape index (κ2) is 3.74. The Hall–Kier alpha value is -1.45. The van der Waals surface area contributed by atoms with Crippen molar-refractivity contribution in [1.29, 1.82) is 0 Å². The van der Waals surface area contributed by atoms with Gasteiger partial charge in [0.2, 0.25) is 5.95 Å². The van der Waals surface area contributed by atoms with Crippen molar-refractivity contribution in [1.82, 2.24) is 9.97 Å². The lowest BCUT2D eigenvalue weighted by Gasteiger charge is -2.14. The van der Waals surface area contributed by atoms with Gasteiger partial charge in [-0.05, 0) is 12.3 Å². The van der Waals surface area contributed by atoms with Crippen molar-refractivity contribution in [2.24, 2.45) is 5.92 Å². The van der Waals surface area contributed by atoms with E-state index in [1.165, 1.54) is 6.42 Å². The van der Waals surface area contributed by atoms with Gasteiger partial charge in [-0.15, -0.1) is 0 Å². The molecule has 1 aliphatic rings. The Kier molecular flexibility index (Phi) is 2.43. The molecule has 1 atom stereocenters. The van der Waals surface area contributed by atoms with Crippen LogP contribution in [0.1, 0.15) is 23.7 Å². The van der Waals surface area contributed by atoms with Crippen molar-refractivity contribution in [2.75, 3.05) is 18.0 Å². The Morgan fingerprint density at radius 3 is 2.71 bits per heavy atom. The van der Waals surface area contributed by atoms with Crippen LogP contribution in [0.15, 0.2) is 12.4 Å². The summed E-state index contributed by atoms with van der Waals surface area (Å²) in [7, 11) is 0. The highest BCUT2D eigenvalue weighted by Gasteiger charge is 2.20. The quantitative estimate of drug-likeness (QED) is 0.657. The molecule has 2 rings (SSSR count). The highest BCUT2D eigenvalue weighted by atomic mass is 16.1. The minimum absolute atomic E-state index is 0.529. The average molecular weight is 191 g/mol. The van der Waals surface area contributed by atoms with Gasteiger partial charge in [-0.25, -0.2) is 9.97 Å². The van der Waals surface area contributed by atoms with Gasteiger partial charge >= 0.3 is 0 Å². The lowest BCUT2D eigenvalue weighted by atomic mass is 10.2. The Labute approximate surface area is 83.0 Å². The van der Waals surface area contributed by atoms with Gasteiger partial charge in [0, 0.05) is 25.5 Å². The van der Waals surface area contributed by atoms with Crippen LogP contribution >= 0.6 is 0 Å². The summed E-state index contributed by atoms with van der Waals surface area (Å²) in [4.78, 5) is 20.8.